The zero-order chi connectivity index (χ0) is 10.2. The van der Waals surface area contributed by atoms with E-state index in [1.807, 2.05) is 0 Å². The van der Waals surface area contributed by atoms with Crippen LogP contribution in [-0.4, -0.2) is 30.3 Å². The molecule has 14 heavy (non-hydrogen) atoms. The van der Waals surface area contributed by atoms with Crippen molar-refractivity contribution in [2.45, 2.75) is 0 Å². The lowest BCUT2D eigenvalue weighted by atomic mass is 10.3. The van der Waals surface area contributed by atoms with Crippen LogP contribution < -0.4 is 11.1 Å². The van der Waals surface area contributed by atoms with E-state index >= 15 is 0 Å². The molecule has 1 aliphatic rings. The van der Waals surface area contributed by atoms with Gasteiger partial charge < -0.3 is 11.1 Å². The van der Waals surface area contributed by atoms with E-state index in [4.69, 9.17) is 5.73 Å². The van der Waals surface area contributed by atoms with Crippen LogP contribution in [0.1, 0.15) is 10.4 Å². The highest BCUT2D eigenvalue weighted by molar-refractivity contribution is 5.92. The first-order valence-corrected chi connectivity index (χ1v) is 4.22. The molecule has 3 N–H and O–H groups in total. The Hall–Kier alpha value is -1.91. The molecule has 74 valence electrons. The van der Waals surface area contributed by atoms with Crippen molar-refractivity contribution in [2.24, 2.45) is 10.7 Å². The normalized spacial score (nSPS) is 12.6. The summed E-state index contributed by atoms with van der Waals surface area (Å²) in [5.74, 6) is -0.442. The third-order valence-corrected chi connectivity index (χ3v) is 1.51. The van der Waals surface area contributed by atoms with Gasteiger partial charge in [0.15, 0.2) is 0 Å². The fraction of sp³-hybridized carbons (Fsp3) is 0.222. The molecule has 0 unspecified atom stereocenters. The summed E-state index contributed by atoms with van der Waals surface area (Å²) in [6.07, 6.45) is 4.76. The Balaban J connectivity index is 0.000000165. The standard InChI is InChI=1S/C6H6N2O.C3H6N2/c7-6(9)5-2-1-3-8-4-5;1-2-5-3-4-1/h1-4H,(H2,7,9);3H,1-2H2,(H,4,5). The number of pyridine rings is 1. The van der Waals surface area contributed by atoms with Crippen LogP contribution in [0.25, 0.3) is 0 Å². The van der Waals surface area contributed by atoms with Crippen molar-refractivity contribution < 1.29 is 4.79 Å². The number of carbonyl (C=O) groups is 1. The zero-order valence-electron chi connectivity index (χ0n) is 7.68. The average molecular weight is 192 g/mol. The number of nitrogens with two attached hydrogens (primary N) is 1. The van der Waals surface area contributed by atoms with Gasteiger partial charge in [-0.2, -0.15) is 0 Å². The molecular weight excluding hydrogens is 180 g/mol. The highest BCUT2D eigenvalue weighted by Crippen LogP contribution is 1.91. The lowest BCUT2D eigenvalue weighted by Gasteiger charge is -1.88. The predicted molar refractivity (Wildman–Crippen MR) is 54.1 cm³/mol. The van der Waals surface area contributed by atoms with Gasteiger partial charge in [0.2, 0.25) is 5.91 Å². The van der Waals surface area contributed by atoms with Gasteiger partial charge in [0.05, 0.1) is 18.4 Å². The molecule has 0 aliphatic carbocycles. The van der Waals surface area contributed by atoms with E-state index in [-0.39, 0.29) is 0 Å². The summed E-state index contributed by atoms with van der Waals surface area (Å²) in [7, 11) is 0. The summed E-state index contributed by atoms with van der Waals surface area (Å²) in [6.45, 7) is 1.99. The number of nitrogens with zero attached hydrogens (tertiary/aromatic N) is 2. The monoisotopic (exact) mass is 192 g/mol. The van der Waals surface area contributed by atoms with Gasteiger partial charge >= 0.3 is 0 Å². The Morgan fingerprint density at radius 2 is 2.43 bits per heavy atom. The number of hydrogen-bond acceptors (Lipinski definition) is 4. The molecule has 1 aromatic rings. The first-order chi connectivity index (χ1) is 6.80. The molecule has 0 aromatic carbocycles. The first kappa shape index (κ1) is 10.2. The largest absolute Gasteiger partial charge is 0.375 e. The molecular formula is C9H12N4O. The second-order valence-electron chi connectivity index (χ2n) is 2.60. The highest BCUT2D eigenvalue weighted by atomic mass is 16.1. The van der Waals surface area contributed by atoms with E-state index in [2.05, 4.69) is 15.3 Å². The highest BCUT2D eigenvalue weighted by Gasteiger charge is 1.94. The zero-order valence-corrected chi connectivity index (χ0v) is 7.68. The van der Waals surface area contributed by atoms with E-state index in [1.165, 1.54) is 6.20 Å². The Kier molecular flexibility index (Phi) is 4.13. The Labute approximate surface area is 82.1 Å². The number of aliphatic imine (C=N–C) groups is 1. The van der Waals surface area contributed by atoms with Crippen molar-refractivity contribution in [2.75, 3.05) is 13.1 Å². The Bertz CT molecular complexity index is 304. The molecule has 1 amide bonds. The molecule has 0 fully saturated rings. The minimum absolute atomic E-state index is 0.442. The van der Waals surface area contributed by atoms with E-state index < -0.39 is 5.91 Å². The quantitative estimate of drug-likeness (QED) is 0.646. The van der Waals surface area contributed by atoms with Crippen molar-refractivity contribution in [3.05, 3.63) is 30.1 Å². The van der Waals surface area contributed by atoms with Crippen molar-refractivity contribution in [3.8, 4) is 0 Å². The van der Waals surface area contributed by atoms with Crippen molar-refractivity contribution in [1.82, 2.24) is 10.3 Å². The van der Waals surface area contributed by atoms with E-state index in [0.29, 0.717) is 5.56 Å². The van der Waals surface area contributed by atoms with Gasteiger partial charge in [-0.15, -0.1) is 0 Å². The van der Waals surface area contributed by atoms with Crippen LogP contribution in [-0.2, 0) is 0 Å². The van der Waals surface area contributed by atoms with E-state index in [9.17, 15) is 4.79 Å². The second-order valence-corrected chi connectivity index (χ2v) is 2.60. The minimum atomic E-state index is -0.442. The maximum Gasteiger partial charge on any atom is 0.250 e. The van der Waals surface area contributed by atoms with Gasteiger partial charge in [-0.25, -0.2) is 0 Å². The Morgan fingerprint density at radius 1 is 1.57 bits per heavy atom. The fourth-order valence-corrected chi connectivity index (χ4v) is 0.831. The SMILES string of the molecule is C1=NCCN1.NC(=O)c1cccnc1. The van der Waals surface area contributed by atoms with Crippen molar-refractivity contribution in [3.63, 3.8) is 0 Å². The van der Waals surface area contributed by atoms with E-state index in [1.54, 1.807) is 24.7 Å². The maximum atomic E-state index is 10.4. The van der Waals surface area contributed by atoms with Crippen LogP contribution in [0.4, 0.5) is 0 Å². The van der Waals surface area contributed by atoms with Crippen LogP contribution in [0.15, 0.2) is 29.5 Å². The summed E-state index contributed by atoms with van der Waals surface area (Å²) < 4.78 is 0. The molecule has 0 radical (unpaired) electrons. The number of rotatable bonds is 1. The molecule has 5 nitrogen and oxygen atoms in total. The van der Waals surface area contributed by atoms with Crippen molar-refractivity contribution >= 4 is 12.2 Å². The predicted octanol–water partition coefficient (Wildman–Crippen LogP) is -0.202. The molecule has 0 atom stereocenters. The number of carbonyl (C=O) groups excluding carboxylic acids is 1. The van der Waals surface area contributed by atoms with Gasteiger partial charge in [0.1, 0.15) is 0 Å². The number of aromatic nitrogens is 1. The lowest BCUT2D eigenvalue weighted by Crippen LogP contribution is -2.10. The number of amides is 1. The summed E-state index contributed by atoms with van der Waals surface area (Å²) >= 11 is 0. The number of hydrogen-bond donors (Lipinski definition) is 2. The van der Waals surface area contributed by atoms with Crippen LogP contribution in [0, 0.1) is 0 Å². The molecule has 0 saturated heterocycles. The minimum Gasteiger partial charge on any atom is -0.375 e. The van der Waals surface area contributed by atoms with Gasteiger partial charge in [-0.3, -0.25) is 14.8 Å². The van der Waals surface area contributed by atoms with Gasteiger partial charge in [0, 0.05) is 18.9 Å². The first-order valence-electron chi connectivity index (χ1n) is 4.22. The van der Waals surface area contributed by atoms with E-state index in [0.717, 1.165) is 13.1 Å². The molecule has 2 heterocycles. The molecule has 1 aromatic heterocycles. The van der Waals surface area contributed by atoms with Crippen LogP contribution in [0.5, 0.6) is 0 Å². The molecule has 0 bridgehead atoms. The van der Waals surface area contributed by atoms with Gasteiger partial charge in [-0.1, -0.05) is 0 Å². The summed E-state index contributed by atoms with van der Waals surface area (Å²) in [5.41, 5.74) is 5.38. The summed E-state index contributed by atoms with van der Waals surface area (Å²) in [4.78, 5) is 17.9. The molecule has 1 aliphatic heterocycles. The van der Waals surface area contributed by atoms with Gasteiger partial charge in [-0.05, 0) is 12.1 Å². The average Bonchev–Trinajstić information content (AvgIpc) is 2.77. The summed E-state index contributed by atoms with van der Waals surface area (Å²) in [5, 5.41) is 2.93. The lowest BCUT2D eigenvalue weighted by molar-refractivity contribution is 0.1000. The molecule has 0 spiro atoms. The number of primary amides is 1. The van der Waals surface area contributed by atoms with Crippen LogP contribution in [0.2, 0.25) is 0 Å². The summed E-state index contributed by atoms with van der Waals surface area (Å²) in [6, 6.07) is 3.29. The smallest absolute Gasteiger partial charge is 0.250 e. The van der Waals surface area contributed by atoms with Crippen LogP contribution >= 0.6 is 0 Å². The fourth-order valence-electron chi connectivity index (χ4n) is 0.831. The number of nitrogens with one attached hydrogen (secondary N) is 1. The van der Waals surface area contributed by atoms with Crippen LogP contribution in [0.3, 0.4) is 0 Å². The third kappa shape index (κ3) is 3.66. The second kappa shape index (κ2) is 5.69. The molecule has 0 saturated carbocycles. The molecule has 5 heteroatoms. The van der Waals surface area contributed by atoms with Gasteiger partial charge in [0.25, 0.3) is 0 Å². The Morgan fingerprint density at radius 3 is 2.71 bits per heavy atom. The topological polar surface area (TPSA) is 80.4 Å². The van der Waals surface area contributed by atoms with Crippen molar-refractivity contribution in [1.29, 1.82) is 0 Å². The third-order valence-electron chi connectivity index (χ3n) is 1.51. The maximum absolute atomic E-state index is 10.4. The molecule has 2 rings (SSSR count).